The Balaban J connectivity index is 1.34. The Kier molecular flexibility index (Phi) is 6.83. The normalized spacial score (nSPS) is 22.2. The third-order valence-corrected chi connectivity index (χ3v) is 7.63. The molecule has 1 fully saturated rings. The maximum Gasteiger partial charge on any atom is 0.140 e. The molecule has 2 heterocycles. The van der Waals surface area contributed by atoms with Crippen molar-refractivity contribution in [3.63, 3.8) is 0 Å². The zero-order chi connectivity index (χ0) is 23.5. The zero-order valence-electron chi connectivity index (χ0n) is 18.8. The minimum Gasteiger partial charge on any atom is -0.508 e. The van der Waals surface area contributed by atoms with Gasteiger partial charge in [-0.25, -0.2) is 0 Å². The number of fused-ring (bicyclic) bond motifs is 1. The number of halogens is 1. The van der Waals surface area contributed by atoms with Crippen LogP contribution in [0.25, 0.3) is 0 Å². The van der Waals surface area contributed by atoms with E-state index in [1.54, 1.807) is 42.1 Å². The molecule has 3 aromatic carbocycles. The number of ether oxygens (including phenoxy) is 2. The molecule has 7 heteroatoms. The van der Waals surface area contributed by atoms with Crippen molar-refractivity contribution < 1.29 is 24.1 Å². The molecule has 0 amide bonds. The lowest BCUT2D eigenvalue weighted by atomic mass is 10.00. The average molecular weight is 482 g/mol. The standard InChI is InChI=1S/C27H28FNO4S/c28-13-1-14-29-15-12-23(17-29)32-22-9-4-18(5-10-22)26-27(19-2-6-20(30)7-3-19)34-25-16-21(31)8-11-24(25)33-26/h2-11,16,23,26-27,30-31H,1,12-15,17H2/t23-,26?,27?/m0/s1. The molecule has 2 aliphatic heterocycles. The molecule has 2 aliphatic rings. The summed E-state index contributed by atoms with van der Waals surface area (Å²) in [5.41, 5.74) is 2.05. The van der Waals surface area contributed by atoms with Crippen molar-refractivity contribution in [2.45, 2.75) is 35.2 Å². The topological polar surface area (TPSA) is 62.2 Å². The first kappa shape index (κ1) is 22.9. The largest absolute Gasteiger partial charge is 0.508 e. The van der Waals surface area contributed by atoms with Gasteiger partial charge in [-0.2, -0.15) is 0 Å². The number of alkyl halides is 1. The molecule has 0 aromatic heterocycles. The van der Waals surface area contributed by atoms with E-state index in [2.05, 4.69) is 4.90 Å². The molecular formula is C27H28FNO4S. The lowest BCUT2D eigenvalue weighted by Gasteiger charge is -2.34. The monoisotopic (exact) mass is 481 g/mol. The summed E-state index contributed by atoms with van der Waals surface area (Å²) in [6.07, 6.45) is 1.40. The maximum absolute atomic E-state index is 12.4. The summed E-state index contributed by atoms with van der Waals surface area (Å²) < 4.78 is 25.1. The van der Waals surface area contributed by atoms with Gasteiger partial charge >= 0.3 is 0 Å². The van der Waals surface area contributed by atoms with E-state index in [0.717, 1.165) is 53.6 Å². The summed E-state index contributed by atoms with van der Waals surface area (Å²) >= 11 is 1.64. The predicted molar refractivity (Wildman–Crippen MR) is 131 cm³/mol. The quantitative estimate of drug-likeness (QED) is 0.440. The highest BCUT2D eigenvalue weighted by atomic mass is 32.2. The molecule has 3 aromatic rings. The minimum atomic E-state index is -0.276. The molecule has 0 saturated carbocycles. The Hall–Kier alpha value is -2.90. The highest BCUT2D eigenvalue weighted by molar-refractivity contribution is 7.99. The van der Waals surface area contributed by atoms with Crippen molar-refractivity contribution in [3.05, 3.63) is 77.9 Å². The van der Waals surface area contributed by atoms with E-state index >= 15 is 0 Å². The lowest BCUT2D eigenvalue weighted by Crippen LogP contribution is -2.26. The van der Waals surface area contributed by atoms with E-state index < -0.39 is 0 Å². The maximum atomic E-state index is 12.4. The summed E-state index contributed by atoms with van der Waals surface area (Å²) in [5.74, 6) is 1.98. The summed E-state index contributed by atoms with van der Waals surface area (Å²) in [5, 5.41) is 19.6. The van der Waals surface area contributed by atoms with E-state index in [1.807, 2.05) is 36.4 Å². The van der Waals surface area contributed by atoms with Gasteiger partial charge in [0.25, 0.3) is 0 Å². The van der Waals surface area contributed by atoms with Gasteiger partial charge in [0, 0.05) is 19.6 Å². The Morgan fingerprint density at radius 1 is 0.971 bits per heavy atom. The number of rotatable bonds is 7. The van der Waals surface area contributed by atoms with Crippen LogP contribution in [0.3, 0.4) is 0 Å². The van der Waals surface area contributed by atoms with Gasteiger partial charge in [0.05, 0.1) is 16.8 Å². The molecular weight excluding hydrogens is 453 g/mol. The average Bonchev–Trinajstić information content (AvgIpc) is 3.30. The third kappa shape index (κ3) is 5.10. The van der Waals surface area contributed by atoms with Gasteiger partial charge in [-0.05, 0) is 66.4 Å². The Bertz CT molecular complexity index is 1110. The number of hydrogen-bond donors (Lipinski definition) is 2. The SMILES string of the molecule is Oc1ccc(C2Sc3cc(O)ccc3OC2c2ccc(O[C@H]3CCN(CCCF)C3)cc2)cc1. The van der Waals surface area contributed by atoms with E-state index in [9.17, 15) is 14.6 Å². The molecule has 0 aliphatic carbocycles. The number of aromatic hydroxyl groups is 2. The Morgan fingerprint density at radius 3 is 2.47 bits per heavy atom. The first-order valence-corrected chi connectivity index (χ1v) is 12.5. The second kappa shape index (κ2) is 10.2. The molecule has 178 valence electrons. The fraction of sp³-hybridized carbons (Fsp3) is 0.333. The van der Waals surface area contributed by atoms with Crippen LogP contribution in [0.1, 0.15) is 35.3 Å². The molecule has 0 spiro atoms. The molecule has 2 unspecified atom stereocenters. The number of phenolic OH excluding ortho intramolecular Hbond substituents is 2. The molecule has 2 N–H and O–H groups in total. The number of likely N-dealkylation sites (tertiary alicyclic amines) is 1. The first-order valence-electron chi connectivity index (χ1n) is 11.6. The smallest absolute Gasteiger partial charge is 0.140 e. The lowest BCUT2D eigenvalue weighted by molar-refractivity contribution is 0.189. The van der Waals surface area contributed by atoms with E-state index in [-0.39, 0.29) is 35.6 Å². The third-order valence-electron chi connectivity index (χ3n) is 6.28. The number of nitrogens with zero attached hydrogens (tertiary/aromatic N) is 1. The van der Waals surface area contributed by atoms with E-state index in [1.165, 1.54) is 0 Å². The van der Waals surface area contributed by atoms with Gasteiger partial charge in [0.1, 0.15) is 35.2 Å². The van der Waals surface area contributed by atoms with Crippen LogP contribution in [0.15, 0.2) is 71.6 Å². The predicted octanol–water partition coefficient (Wildman–Crippen LogP) is 5.88. The van der Waals surface area contributed by atoms with Gasteiger partial charge < -0.3 is 19.7 Å². The molecule has 0 radical (unpaired) electrons. The fourth-order valence-electron chi connectivity index (χ4n) is 4.54. The van der Waals surface area contributed by atoms with Gasteiger partial charge in [0.2, 0.25) is 0 Å². The van der Waals surface area contributed by atoms with Gasteiger partial charge in [-0.3, -0.25) is 9.29 Å². The highest BCUT2D eigenvalue weighted by Gasteiger charge is 2.34. The second-order valence-corrected chi connectivity index (χ2v) is 9.92. The van der Waals surface area contributed by atoms with E-state index in [0.29, 0.717) is 6.42 Å². The van der Waals surface area contributed by atoms with Crippen LogP contribution in [0.5, 0.6) is 23.0 Å². The van der Waals surface area contributed by atoms with Crippen LogP contribution in [-0.2, 0) is 0 Å². The molecule has 5 rings (SSSR count). The van der Waals surface area contributed by atoms with Crippen molar-refractivity contribution in [1.29, 1.82) is 0 Å². The zero-order valence-corrected chi connectivity index (χ0v) is 19.6. The summed E-state index contributed by atoms with van der Waals surface area (Å²) in [4.78, 5) is 3.14. The molecule has 0 bridgehead atoms. The van der Waals surface area contributed by atoms with E-state index in [4.69, 9.17) is 9.47 Å². The van der Waals surface area contributed by atoms with Gasteiger partial charge in [-0.15, -0.1) is 11.8 Å². The Morgan fingerprint density at radius 2 is 1.71 bits per heavy atom. The van der Waals surface area contributed by atoms with Crippen molar-refractivity contribution in [2.75, 3.05) is 26.3 Å². The summed E-state index contributed by atoms with van der Waals surface area (Å²) in [7, 11) is 0. The van der Waals surface area contributed by atoms with Crippen LogP contribution in [-0.4, -0.2) is 47.5 Å². The number of benzene rings is 3. The van der Waals surface area contributed by atoms with Crippen molar-refractivity contribution in [2.24, 2.45) is 0 Å². The number of hydrogen-bond acceptors (Lipinski definition) is 6. The first-order chi connectivity index (χ1) is 16.6. The Labute approximate surface area is 203 Å². The minimum absolute atomic E-state index is 0.0550. The van der Waals surface area contributed by atoms with Gasteiger partial charge in [0.15, 0.2) is 0 Å². The fourth-order valence-corrected chi connectivity index (χ4v) is 5.87. The van der Waals surface area contributed by atoms with Crippen LogP contribution >= 0.6 is 11.8 Å². The summed E-state index contributed by atoms with van der Waals surface area (Å²) in [6, 6.07) is 20.4. The molecule has 3 atom stereocenters. The molecule has 1 saturated heterocycles. The van der Waals surface area contributed by atoms with Crippen LogP contribution in [0, 0.1) is 0 Å². The van der Waals surface area contributed by atoms with Crippen molar-refractivity contribution in [1.82, 2.24) is 4.90 Å². The van der Waals surface area contributed by atoms with Crippen LogP contribution in [0.2, 0.25) is 0 Å². The molecule has 34 heavy (non-hydrogen) atoms. The van der Waals surface area contributed by atoms with Crippen LogP contribution < -0.4 is 9.47 Å². The molecule has 5 nitrogen and oxygen atoms in total. The highest BCUT2D eigenvalue weighted by Crippen LogP contribution is 2.54. The van der Waals surface area contributed by atoms with Crippen molar-refractivity contribution >= 4 is 11.8 Å². The second-order valence-electron chi connectivity index (χ2n) is 8.74. The summed E-state index contributed by atoms with van der Waals surface area (Å²) in [6.45, 7) is 2.28. The van der Waals surface area contributed by atoms with Gasteiger partial charge in [-0.1, -0.05) is 24.3 Å². The van der Waals surface area contributed by atoms with Crippen molar-refractivity contribution in [3.8, 4) is 23.0 Å². The number of phenols is 2. The van der Waals surface area contributed by atoms with Crippen LogP contribution in [0.4, 0.5) is 4.39 Å². The number of thioether (sulfide) groups is 1.